The van der Waals surface area contributed by atoms with Crippen LogP contribution >= 0.6 is 11.8 Å². The van der Waals surface area contributed by atoms with E-state index < -0.39 is 5.97 Å². The second kappa shape index (κ2) is 10.2. The molecule has 5 heteroatoms. The van der Waals surface area contributed by atoms with Crippen molar-refractivity contribution in [3.8, 4) is 23.0 Å². The summed E-state index contributed by atoms with van der Waals surface area (Å²) in [5.74, 6) is 7.82. The molecule has 0 bridgehead atoms. The third kappa shape index (κ3) is 5.04. The zero-order valence-corrected chi connectivity index (χ0v) is 19.5. The number of carboxylic acids is 1. The third-order valence-corrected chi connectivity index (χ3v) is 7.14. The topological polar surface area (TPSA) is 62.3 Å². The fraction of sp³-hybridized carbons (Fsp3) is 0.207. The first-order valence-electron chi connectivity index (χ1n) is 11.4. The summed E-state index contributed by atoms with van der Waals surface area (Å²) in [6, 6.07) is 21.2. The molecular weight excluding hydrogens is 442 g/mol. The van der Waals surface area contributed by atoms with E-state index in [4.69, 9.17) is 4.74 Å². The fourth-order valence-corrected chi connectivity index (χ4v) is 5.29. The Morgan fingerprint density at radius 3 is 2.65 bits per heavy atom. The van der Waals surface area contributed by atoms with Crippen LogP contribution in [0, 0.1) is 11.8 Å². The average molecular weight is 468 g/mol. The van der Waals surface area contributed by atoms with E-state index in [0.717, 1.165) is 40.4 Å². The van der Waals surface area contributed by atoms with Gasteiger partial charge in [0.1, 0.15) is 0 Å². The molecule has 1 fully saturated rings. The number of hydrogen-bond donors (Lipinski definition) is 2. The van der Waals surface area contributed by atoms with Crippen LogP contribution in [0.2, 0.25) is 0 Å². The molecule has 4 aromatic rings. The molecule has 4 nitrogen and oxygen atoms in total. The van der Waals surface area contributed by atoms with Gasteiger partial charge >= 0.3 is 5.97 Å². The summed E-state index contributed by atoms with van der Waals surface area (Å²) >= 11 is 2.00. The van der Waals surface area contributed by atoms with Crippen LogP contribution in [0.15, 0.2) is 72.9 Å². The number of carbonyl (C=O) groups is 1. The van der Waals surface area contributed by atoms with Crippen LogP contribution in [0.25, 0.3) is 22.0 Å². The van der Waals surface area contributed by atoms with Crippen molar-refractivity contribution < 1.29 is 14.6 Å². The molecule has 3 aromatic carbocycles. The molecule has 0 amide bonds. The van der Waals surface area contributed by atoms with Gasteiger partial charge in [-0.3, -0.25) is 0 Å². The maximum atomic E-state index is 12.0. The monoisotopic (exact) mass is 467 g/mol. The summed E-state index contributed by atoms with van der Waals surface area (Å²) in [6.07, 6.45) is 4.50. The Morgan fingerprint density at radius 2 is 1.85 bits per heavy atom. The van der Waals surface area contributed by atoms with Crippen molar-refractivity contribution in [1.82, 2.24) is 4.98 Å². The van der Waals surface area contributed by atoms with Gasteiger partial charge in [0.05, 0.1) is 18.3 Å². The molecule has 1 aromatic heterocycles. The van der Waals surface area contributed by atoms with Gasteiger partial charge in [-0.15, -0.1) is 0 Å². The van der Waals surface area contributed by atoms with Crippen LogP contribution in [0.3, 0.4) is 0 Å². The van der Waals surface area contributed by atoms with Gasteiger partial charge in [0, 0.05) is 28.4 Å². The molecule has 0 aliphatic carbocycles. The van der Waals surface area contributed by atoms with E-state index in [1.54, 1.807) is 12.1 Å². The lowest BCUT2D eigenvalue weighted by Gasteiger charge is -2.21. The molecule has 0 atom stereocenters. The van der Waals surface area contributed by atoms with E-state index in [2.05, 4.69) is 29.0 Å². The number of aromatic amines is 1. The number of fused-ring (bicyclic) bond motifs is 1. The van der Waals surface area contributed by atoms with Gasteiger partial charge in [-0.05, 0) is 77.3 Å². The Morgan fingerprint density at radius 1 is 1.03 bits per heavy atom. The number of carboxylic acid groups (broad SMARTS) is 1. The lowest BCUT2D eigenvalue weighted by Crippen LogP contribution is -2.18. The van der Waals surface area contributed by atoms with Crippen molar-refractivity contribution in [2.45, 2.75) is 25.6 Å². The summed E-state index contributed by atoms with van der Waals surface area (Å²) in [4.78, 5) is 15.2. The average Bonchev–Trinajstić information content (AvgIpc) is 3.35. The number of benzene rings is 3. The number of thioether (sulfide) groups is 1. The lowest BCUT2D eigenvalue weighted by atomic mass is 9.93. The maximum absolute atomic E-state index is 12.0. The molecule has 0 unspecified atom stereocenters. The summed E-state index contributed by atoms with van der Waals surface area (Å²) in [6.45, 7) is 0.620. The minimum absolute atomic E-state index is 0.242. The van der Waals surface area contributed by atoms with E-state index in [1.807, 2.05) is 60.4 Å². The summed E-state index contributed by atoms with van der Waals surface area (Å²) in [5.41, 5.74) is 5.36. The summed E-state index contributed by atoms with van der Waals surface area (Å²) in [7, 11) is 0. The first kappa shape index (κ1) is 22.3. The van der Waals surface area contributed by atoms with Gasteiger partial charge in [-0.2, -0.15) is 11.8 Å². The van der Waals surface area contributed by atoms with E-state index in [-0.39, 0.29) is 5.56 Å². The molecule has 5 rings (SSSR count). The number of hydrogen-bond acceptors (Lipinski definition) is 3. The lowest BCUT2D eigenvalue weighted by molar-refractivity contribution is 0.0356. The molecule has 2 heterocycles. The van der Waals surface area contributed by atoms with Crippen molar-refractivity contribution in [2.75, 3.05) is 11.5 Å². The van der Waals surface area contributed by atoms with Crippen LogP contribution in [0.5, 0.6) is 0 Å². The van der Waals surface area contributed by atoms with E-state index in [0.29, 0.717) is 23.8 Å². The SMILES string of the molecule is O=C(O)c1cccc(C#Cc2ccc(COC3CCSCC3)cc2)c1-c1ccc2cc[nH]c2c1. The molecule has 0 radical (unpaired) electrons. The fourth-order valence-electron chi connectivity index (χ4n) is 4.23. The second-order valence-corrected chi connectivity index (χ2v) is 9.61. The number of nitrogens with one attached hydrogen (secondary N) is 1. The van der Waals surface area contributed by atoms with E-state index >= 15 is 0 Å². The normalized spacial score (nSPS) is 14.0. The van der Waals surface area contributed by atoms with Crippen molar-refractivity contribution in [3.05, 3.63) is 95.2 Å². The number of ether oxygens (including phenoxy) is 1. The third-order valence-electron chi connectivity index (χ3n) is 6.09. The highest BCUT2D eigenvalue weighted by molar-refractivity contribution is 7.99. The first-order valence-corrected chi connectivity index (χ1v) is 12.6. The standard InChI is InChI=1S/C29H25NO3S/c31-29(32)26-3-1-2-23(28(26)24-11-10-22-12-15-30-27(22)18-24)9-8-20-4-6-21(7-5-20)19-33-25-13-16-34-17-14-25/h1-7,10-12,15,18,25,30H,13-14,16-17,19H2,(H,31,32). The zero-order valence-electron chi connectivity index (χ0n) is 18.7. The van der Waals surface area contributed by atoms with Gasteiger partial charge in [0.15, 0.2) is 0 Å². The van der Waals surface area contributed by atoms with Crippen molar-refractivity contribution in [1.29, 1.82) is 0 Å². The highest BCUT2D eigenvalue weighted by Gasteiger charge is 2.16. The predicted molar refractivity (Wildman–Crippen MR) is 138 cm³/mol. The molecule has 170 valence electrons. The number of H-pyrrole nitrogens is 1. The Labute approximate surface area is 203 Å². The van der Waals surface area contributed by atoms with Gasteiger partial charge in [-0.1, -0.05) is 42.2 Å². The first-order chi connectivity index (χ1) is 16.7. The number of aromatic carboxylic acids is 1. The number of aromatic nitrogens is 1. The number of rotatable bonds is 5. The van der Waals surface area contributed by atoms with Crippen LogP contribution < -0.4 is 0 Å². The quantitative estimate of drug-likeness (QED) is 0.336. The largest absolute Gasteiger partial charge is 0.478 e. The molecule has 1 saturated heterocycles. The van der Waals surface area contributed by atoms with Crippen LogP contribution in [-0.4, -0.2) is 33.7 Å². The minimum atomic E-state index is -0.967. The Kier molecular flexibility index (Phi) is 6.71. The van der Waals surface area contributed by atoms with Gasteiger partial charge in [-0.25, -0.2) is 4.79 Å². The Balaban J connectivity index is 1.40. The van der Waals surface area contributed by atoms with Crippen LogP contribution in [0.4, 0.5) is 0 Å². The highest BCUT2D eigenvalue weighted by atomic mass is 32.2. The highest BCUT2D eigenvalue weighted by Crippen LogP contribution is 2.30. The van der Waals surface area contributed by atoms with Gasteiger partial charge in [0.25, 0.3) is 0 Å². The minimum Gasteiger partial charge on any atom is -0.478 e. The maximum Gasteiger partial charge on any atom is 0.336 e. The smallest absolute Gasteiger partial charge is 0.336 e. The van der Waals surface area contributed by atoms with Crippen molar-refractivity contribution >= 4 is 28.6 Å². The zero-order chi connectivity index (χ0) is 23.3. The van der Waals surface area contributed by atoms with Crippen molar-refractivity contribution in [3.63, 3.8) is 0 Å². The van der Waals surface area contributed by atoms with E-state index in [9.17, 15) is 9.90 Å². The van der Waals surface area contributed by atoms with Gasteiger partial charge < -0.3 is 14.8 Å². The Bertz CT molecular complexity index is 1370. The molecule has 0 spiro atoms. The molecular formula is C29H25NO3S. The second-order valence-electron chi connectivity index (χ2n) is 8.38. The molecule has 2 N–H and O–H groups in total. The molecule has 0 saturated carbocycles. The summed E-state index contributed by atoms with van der Waals surface area (Å²) in [5, 5.41) is 10.9. The van der Waals surface area contributed by atoms with Crippen LogP contribution in [-0.2, 0) is 11.3 Å². The van der Waals surface area contributed by atoms with Crippen LogP contribution in [0.1, 0.15) is 39.9 Å². The van der Waals surface area contributed by atoms with Gasteiger partial charge in [0.2, 0.25) is 0 Å². The molecule has 1 aliphatic heterocycles. The molecule has 1 aliphatic rings. The Hall–Kier alpha value is -3.46. The molecule has 34 heavy (non-hydrogen) atoms. The summed E-state index contributed by atoms with van der Waals surface area (Å²) < 4.78 is 6.06. The van der Waals surface area contributed by atoms with Crippen molar-refractivity contribution in [2.24, 2.45) is 0 Å². The van der Waals surface area contributed by atoms with E-state index in [1.165, 1.54) is 11.5 Å². The predicted octanol–water partition coefficient (Wildman–Crippen LogP) is 6.35.